The van der Waals surface area contributed by atoms with E-state index < -0.39 is 17.2 Å². The molecule has 0 fully saturated rings. The first-order chi connectivity index (χ1) is 22.0. The Morgan fingerprint density at radius 2 is 1.34 bits per heavy atom. The molecule has 0 saturated heterocycles. The standard InChI is InChI=1S/C21H27FN4O3.C14H16FN3/c1-20(2,3)29-19(28)23-12-17(27)26-11-10-25-13-16(24-18(25)21(26,4)5)14-6-8-15(22)9-7-14;1-14(2)13-17-12(9-18(13)8-7-16-14)10-3-5-11(15)6-4-10/h6-9,13H,10-12H2,1-5H3,(H,23,28);3-6,9,16H,7-8H2,1-2H3. The molecule has 0 atom stereocenters. The largest absolute Gasteiger partial charge is 0.444 e. The maximum absolute atomic E-state index is 13.2. The number of benzene rings is 2. The highest BCUT2D eigenvalue weighted by Crippen LogP contribution is 2.33. The average molecular weight is 648 g/mol. The third-order valence-corrected chi connectivity index (χ3v) is 8.18. The number of fused-ring (bicyclic) bond motifs is 2. The fraction of sp³-hybridized carbons (Fsp3) is 0.429. The van der Waals surface area contributed by atoms with Gasteiger partial charge in [-0.3, -0.25) is 4.79 Å². The lowest BCUT2D eigenvalue weighted by Crippen LogP contribution is -2.54. The Balaban J connectivity index is 0.000000205. The fourth-order valence-electron chi connectivity index (χ4n) is 5.85. The molecule has 47 heavy (non-hydrogen) atoms. The summed E-state index contributed by atoms with van der Waals surface area (Å²) in [6, 6.07) is 12.6. The summed E-state index contributed by atoms with van der Waals surface area (Å²) in [6.07, 6.45) is 3.34. The van der Waals surface area contributed by atoms with Crippen LogP contribution in [-0.4, -0.2) is 61.2 Å². The van der Waals surface area contributed by atoms with Gasteiger partial charge in [-0.05, 0) is 97.0 Å². The van der Waals surface area contributed by atoms with E-state index in [-0.39, 0.29) is 29.6 Å². The van der Waals surface area contributed by atoms with E-state index in [4.69, 9.17) is 9.72 Å². The number of carbonyl (C=O) groups is 2. The van der Waals surface area contributed by atoms with Gasteiger partial charge >= 0.3 is 6.09 Å². The van der Waals surface area contributed by atoms with Crippen LogP contribution in [0.25, 0.3) is 22.5 Å². The minimum absolute atomic E-state index is 0.115. The van der Waals surface area contributed by atoms with E-state index in [1.54, 1.807) is 49.9 Å². The predicted octanol–water partition coefficient (Wildman–Crippen LogP) is 5.82. The Bertz CT molecular complexity index is 1740. The molecule has 2 aromatic heterocycles. The Hall–Kier alpha value is -4.58. The molecule has 10 nitrogen and oxygen atoms in total. The smallest absolute Gasteiger partial charge is 0.408 e. The van der Waals surface area contributed by atoms with Crippen molar-refractivity contribution in [2.24, 2.45) is 0 Å². The van der Waals surface area contributed by atoms with Gasteiger partial charge in [0.15, 0.2) is 0 Å². The third kappa shape index (κ3) is 7.70. The van der Waals surface area contributed by atoms with Gasteiger partial charge in [-0.15, -0.1) is 0 Å². The summed E-state index contributed by atoms with van der Waals surface area (Å²) in [4.78, 5) is 35.7. The van der Waals surface area contributed by atoms with Gasteiger partial charge in [-0.2, -0.15) is 0 Å². The van der Waals surface area contributed by atoms with E-state index in [9.17, 15) is 18.4 Å². The van der Waals surface area contributed by atoms with Gasteiger partial charge in [-0.1, -0.05) is 0 Å². The zero-order valence-corrected chi connectivity index (χ0v) is 28.0. The molecular formula is C35H43F2N7O3. The lowest BCUT2D eigenvalue weighted by Gasteiger charge is -2.42. The summed E-state index contributed by atoms with van der Waals surface area (Å²) < 4.78 is 35.5. The van der Waals surface area contributed by atoms with Gasteiger partial charge in [0.2, 0.25) is 5.91 Å². The summed E-state index contributed by atoms with van der Waals surface area (Å²) >= 11 is 0. The number of aromatic nitrogens is 4. The molecule has 4 heterocycles. The number of nitrogens with one attached hydrogen (secondary N) is 2. The Labute approximate surface area is 274 Å². The van der Waals surface area contributed by atoms with Crippen LogP contribution in [0, 0.1) is 11.6 Å². The number of hydrogen-bond acceptors (Lipinski definition) is 6. The van der Waals surface area contributed by atoms with Crippen molar-refractivity contribution in [2.45, 2.75) is 78.2 Å². The maximum Gasteiger partial charge on any atom is 0.408 e. The number of imidazole rings is 2. The van der Waals surface area contributed by atoms with E-state index in [2.05, 4.69) is 34.0 Å². The SMILES string of the molecule is CC(C)(C)OC(=O)NCC(=O)N1CCn2cc(-c3ccc(F)cc3)nc2C1(C)C.CC1(C)NCCn2cc(-c3ccc(F)cc3)nc21. The molecule has 2 aromatic carbocycles. The number of rotatable bonds is 4. The van der Waals surface area contributed by atoms with Gasteiger partial charge in [0.25, 0.3) is 0 Å². The van der Waals surface area contributed by atoms with Gasteiger partial charge in [-0.25, -0.2) is 23.5 Å². The molecule has 0 radical (unpaired) electrons. The summed E-state index contributed by atoms with van der Waals surface area (Å²) in [5.41, 5.74) is 2.00. The molecular weight excluding hydrogens is 604 g/mol. The van der Waals surface area contributed by atoms with Crippen molar-refractivity contribution in [1.29, 1.82) is 0 Å². The van der Waals surface area contributed by atoms with Crippen molar-refractivity contribution in [1.82, 2.24) is 34.6 Å². The van der Waals surface area contributed by atoms with Crippen LogP contribution in [0.2, 0.25) is 0 Å². The first kappa shape index (κ1) is 33.8. The molecule has 12 heteroatoms. The molecule has 0 bridgehead atoms. The summed E-state index contributed by atoms with van der Waals surface area (Å²) in [5, 5.41) is 5.96. The van der Waals surface area contributed by atoms with E-state index in [0.29, 0.717) is 13.1 Å². The summed E-state index contributed by atoms with van der Waals surface area (Å²) in [7, 11) is 0. The topological polar surface area (TPSA) is 106 Å². The quantitative estimate of drug-likeness (QED) is 0.289. The third-order valence-electron chi connectivity index (χ3n) is 8.18. The number of amides is 2. The minimum atomic E-state index is -0.663. The van der Waals surface area contributed by atoms with Crippen molar-refractivity contribution in [3.05, 3.63) is 84.2 Å². The molecule has 2 aliphatic rings. The van der Waals surface area contributed by atoms with Crippen LogP contribution in [0.5, 0.6) is 0 Å². The van der Waals surface area contributed by atoms with Crippen molar-refractivity contribution >= 4 is 12.0 Å². The van der Waals surface area contributed by atoms with Crippen LogP contribution < -0.4 is 10.6 Å². The van der Waals surface area contributed by atoms with Crippen molar-refractivity contribution in [3.63, 3.8) is 0 Å². The first-order valence-electron chi connectivity index (χ1n) is 15.7. The molecule has 2 N–H and O–H groups in total. The molecule has 6 rings (SSSR count). The Morgan fingerprint density at radius 3 is 1.85 bits per heavy atom. The molecule has 0 aliphatic carbocycles. The molecule has 0 spiro atoms. The number of ether oxygens (including phenoxy) is 1. The van der Waals surface area contributed by atoms with Crippen LogP contribution in [0.15, 0.2) is 60.9 Å². The Kier molecular flexibility index (Phi) is 9.27. The highest BCUT2D eigenvalue weighted by Gasteiger charge is 2.40. The van der Waals surface area contributed by atoms with Gasteiger partial charge in [0.1, 0.15) is 35.4 Å². The van der Waals surface area contributed by atoms with Crippen LogP contribution >= 0.6 is 0 Å². The van der Waals surface area contributed by atoms with Crippen LogP contribution in [0.3, 0.4) is 0 Å². The monoisotopic (exact) mass is 647 g/mol. The minimum Gasteiger partial charge on any atom is -0.444 e. The second kappa shape index (κ2) is 12.9. The number of halogens is 2. The van der Waals surface area contributed by atoms with Crippen molar-refractivity contribution in [3.8, 4) is 22.5 Å². The number of alkyl carbamates (subject to hydrolysis) is 1. The van der Waals surface area contributed by atoms with Gasteiger partial charge in [0.05, 0.1) is 22.5 Å². The van der Waals surface area contributed by atoms with E-state index >= 15 is 0 Å². The summed E-state index contributed by atoms with van der Waals surface area (Å²) in [5.74, 6) is 1.05. The highest BCUT2D eigenvalue weighted by molar-refractivity contribution is 5.83. The van der Waals surface area contributed by atoms with Crippen molar-refractivity contribution < 1.29 is 23.1 Å². The zero-order chi connectivity index (χ0) is 34.1. The molecule has 2 amide bonds. The molecule has 0 unspecified atom stereocenters. The summed E-state index contributed by atoms with van der Waals surface area (Å²) in [6.45, 7) is 16.2. The normalized spacial score (nSPS) is 16.3. The zero-order valence-electron chi connectivity index (χ0n) is 28.0. The fourth-order valence-corrected chi connectivity index (χ4v) is 5.85. The first-order valence-corrected chi connectivity index (χ1v) is 15.7. The van der Waals surface area contributed by atoms with Gasteiger partial charge in [0, 0.05) is 49.7 Å². The van der Waals surface area contributed by atoms with Crippen LogP contribution in [-0.2, 0) is 33.7 Å². The van der Waals surface area contributed by atoms with Crippen LogP contribution in [0.1, 0.15) is 60.1 Å². The number of hydrogen-bond donors (Lipinski definition) is 2. The average Bonchev–Trinajstić information content (AvgIpc) is 3.63. The van der Waals surface area contributed by atoms with Crippen LogP contribution in [0.4, 0.5) is 13.6 Å². The van der Waals surface area contributed by atoms with E-state index in [1.165, 1.54) is 24.3 Å². The highest BCUT2D eigenvalue weighted by atomic mass is 19.1. The van der Waals surface area contributed by atoms with E-state index in [0.717, 1.165) is 47.3 Å². The number of carbonyl (C=O) groups excluding carboxylic acids is 2. The predicted molar refractivity (Wildman–Crippen MR) is 175 cm³/mol. The van der Waals surface area contributed by atoms with Gasteiger partial charge < -0.3 is 29.4 Å². The molecule has 2 aliphatic heterocycles. The lowest BCUT2D eigenvalue weighted by atomic mass is 9.99. The second-order valence-electron chi connectivity index (χ2n) is 13.8. The van der Waals surface area contributed by atoms with Crippen molar-refractivity contribution in [2.75, 3.05) is 19.6 Å². The molecule has 250 valence electrons. The molecule has 0 saturated carbocycles. The maximum atomic E-state index is 13.2. The number of nitrogens with zero attached hydrogens (tertiary/aromatic N) is 5. The lowest BCUT2D eigenvalue weighted by molar-refractivity contribution is -0.137. The Morgan fingerprint density at radius 1 is 0.830 bits per heavy atom. The molecule has 4 aromatic rings. The van der Waals surface area contributed by atoms with E-state index in [1.807, 2.05) is 30.8 Å². The second-order valence-corrected chi connectivity index (χ2v) is 13.8.